The summed E-state index contributed by atoms with van der Waals surface area (Å²) in [6.45, 7) is 9.80. The molecule has 0 aromatic heterocycles. The van der Waals surface area contributed by atoms with Crippen LogP contribution in [0.4, 0.5) is 11.4 Å². The number of nitro groups is 1. The zero-order valence-electron chi connectivity index (χ0n) is 28.1. The number of benzene rings is 1. The van der Waals surface area contributed by atoms with E-state index >= 15 is 0 Å². The van der Waals surface area contributed by atoms with E-state index in [0.717, 1.165) is 18.7 Å². The van der Waals surface area contributed by atoms with Gasteiger partial charge in [0.25, 0.3) is 5.69 Å². The molecule has 0 aliphatic carbocycles. The summed E-state index contributed by atoms with van der Waals surface area (Å²) < 4.78 is 0. The van der Waals surface area contributed by atoms with Gasteiger partial charge in [-0.2, -0.15) is 10.2 Å². The fourth-order valence-electron chi connectivity index (χ4n) is 5.41. The van der Waals surface area contributed by atoms with Crippen molar-refractivity contribution in [3.63, 3.8) is 0 Å². The number of azo groups is 1. The van der Waals surface area contributed by atoms with Crippen molar-refractivity contribution in [1.82, 2.24) is 4.90 Å². The second-order valence-electron chi connectivity index (χ2n) is 11.9. The van der Waals surface area contributed by atoms with Crippen LogP contribution >= 0.6 is 0 Å². The molecular weight excluding hydrogens is 548 g/mol. The molecule has 1 aromatic rings. The SMILES string of the molecule is C=C(/C=C\C(=C/C)N(CCO)CCCCCCCCCCCCCCCCCCCCCC)N=Nc1ccc([N+](=O)[O-])cc1. The molecule has 0 bridgehead atoms. The van der Waals surface area contributed by atoms with E-state index in [0.29, 0.717) is 17.9 Å². The topological polar surface area (TPSA) is 91.3 Å². The summed E-state index contributed by atoms with van der Waals surface area (Å²) in [5.41, 5.74) is 2.04. The molecule has 0 aliphatic heterocycles. The van der Waals surface area contributed by atoms with Crippen molar-refractivity contribution in [2.75, 3.05) is 19.7 Å². The standard InChI is InChI=1S/C37H62N4O3/c1-4-6-7-8-9-10-11-12-13-14-15-16-17-18-19-20-21-22-23-24-31-40(32-33-42)36(5-2)28-25-34(3)38-39-35-26-29-37(30-27-35)41(43)44/h5,25-30,42H,3-4,6-24,31-33H2,1-2H3/b28-25-,36-5+,39-38?. The number of rotatable bonds is 29. The first kappa shape index (κ1) is 39.2. The number of unbranched alkanes of at least 4 members (excludes halogenated alkanes) is 19. The number of nitro benzene ring substituents is 1. The lowest BCUT2D eigenvalue weighted by atomic mass is 10.0. The van der Waals surface area contributed by atoms with Gasteiger partial charge in [0, 0.05) is 30.9 Å². The molecule has 248 valence electrons. The minimum atomic E-state index is -0.443. The third kappa shape index (κ3) is 21.0. The first-order valence-electron chi connectivity index (χ1n) is 17.6. The fraction of sp³-hybridized carbons (Fsp3) is 0.676. The van der Waals surface area contributed by atoms with Crippen molar-refractivity contribution < 1.29 is 10.0 Å². The molecule has 0 aliphatic rings. The molecule has 0 radical (unpaired) electrons. The van der Waals surface area contributed by atoms with Gasteiger partial charge in [-0.25, -0.2) is 0 Å². The molecular formula is C37H62N4O3. The first-order valence-corrected chi connectivity index (χ1v) is 17.6. The number of allylic oxidation sites excluding steroid dienone is 3. The van der Waals surface area contributed by atoms with Crippen LogP contribution in [0.15, 0.2) is 70.7 Å². The van der Waals surface area contributed by atoms with E-state index in [-0.39, 0.29) is 12.3 Å². The molecule has 1 aromatic carbocycles. The van der Waals surface area contributed by atoms with Crippen LogP contribution in [-0.2, 0) is 0 Å². The Bertz CT molecular complexity index is 956. The van der Waals surface area contributed by atoms with Gasteiger partial charge >= 0.3 is 0 Å². The van der Waals surface area contributed by atoms with Crippen LogP contribution in [0.5, 0.6) is 0 Å². The van der Waals surface area contributed by atoms with Crippen LogP contribution in [0, 0.1) is 10.1 Å². The van der Waals surface area contributed by atoms with Gasteiger partial charge in [-0.05, 0) is 37.6 Å². The molecule has 0 saturated heterocycles. The predicted octanol–water partition coefficient (Wildman–Crippen LogP) is 11.8. The van der Waals surface area contributed by atoms with Crippen molar-refractivity contribution in [3.05, 3.63) is 70.6 Å². The molecule has 0 heterocycles. The van der Waals surface area contributed by atoms with E-state index < -0.39 is 4.92 Å². The van der Waals surface area contributed by atoms with Gasteiger partial charge < -0.3 is 10.0 Å². The summed E-state index contributed by atoms with van der Waals surface area (Å²) in [5.74, 6) is 0. The zero-order chi connectivity index (χ0) is 32.1. The van der Waals surface area contributed by atoms with Gasteiger partial charge in [0.2, 0.25) is 0 Å². The number of nitrogens with zero attached hydrogens (tertiary/aromatic N) is 4. The number of hydrogen-bond acceptors (Lipinski definition) is 6. The van der Waals surface area contributed by atoms with Crippen LogP contribution in [0.1, 0.15) is 142 Å². The smallest absolute Gasteiger partial charge is 0.269 e. The lowest BCUT2D eigenvalue weighted by Gasteiger charge is -2.25. The summed E-state index contributed by atoms with van der Waals surface area (Å²) in [5, 5.41) is 28.6. The number of non-ortho nitro benzene ring substituents is 1. The Labute approximate surface area is 268 Å². The molecule has 0 atom stereocenters. The highest BCUT2D eigenvalue weighted by atomic mass is 16.6. The third-order valence-corrected chi connectivity index (χ3v) is 8.11. The maximum absolute atomic E-state index is 10.8. The van der Waals surface area contributed by atoms with Crippen LogP contribution in [0.2, 0.25) is 0 Å². The highest BCUT2D eigenvalue weighted by Gasteiger charge is 2.06. The van der Waals surface area contributed by atoms with Crippen LogP contribution in [0.3, 0.4) is 0 Å². The quantitative estimate of drug-likeness (QED) is 0.0321. The molecule has 1 rings (SSSR count). The van der Waals surface area contributed by atoms with E-state index in [1.54, 1.807) is 18.2 Å². The van der Waals surface area contributed by atoms with Gasteiger partial charge in [0.05, 0.1) is 22.9 Å². The van der Waals surface area contributed by atoms with E-state index in [1.807, 2.05) is 19.1 Å². The lowest BCUT2D eigenvalue weighted by molar-refractivity contribution is -0.384. The summed E-state index contributed by atoms with van der Waals surface area (Å²) in [7, 11) is 0. The molecule has 0 amide bonds. The van der Waals surface area contributed by atoms with E-state index in [2.05, 4.69) is 28.6 Å². The van der Waals surface area contributed by atoms with Gasteiger partial charge in [-0.3, -0.25) is 10.1 Å². The van der Waals surface area contributed by atoms with Crippen LogP contribution in [-0.4, -0.2) is 34.6 Å². The zero-order valence-corrected chi connectivity index (χ0v) is 28.1. The Morgan fingerprint density at radius 1 is 0.773 bits per heavy atom. The third-order valence-electron chi connectivity index (χ3n) is 8.11. The largest absolute Gasteiger partial charge is 0.395 e. The van der Waals surface area contributed by atoms with Gasteiger partial charge in [0.15, 0.2) is 0 Å². The summed E-state index contributed by atoms with van der Waals surface area (Å²) in [6, 6.07) is 5.91. The lowest BCUT2D eigenvalue weighted by Crippen LogP contribution is -2.26. The van der Waals surface area contributed by atoms with Crippen LogP contribution in [0.25, 0.3) is 0 Å². The molecule has 0 spiro atoms. The summed E-state index contributed by atoms with van der Waals surface area (Å²) >= 11 is 0. The molecule has 44 heavy (non-hydrogen) atoms. The Morgan fingerprint density at radius 3 is 1.64 bits per heavy atom. The molecule has 7 nitrogen and oxygen atoms in total. The van der Waals surface area contributed by atoms with Crippen molar-refractivity contribution in [2.45, 2.75) is 142 Å². The molecule has 0 unspecified atom stereocenters. The minimum Gasteiger partial charge on any atom is -0.395 e. The van der Waals surface area contributed by atoms with Crippen LogP contribution < -0.4 is 0 Å². The van der Waals surface area contributed by atoms with E-state index in [4.69, 9.17) is 0 Å². The molecule has 0 saturated carbocycles. The van der Waals surface area contributed by atoms with Crippen molar-refractivity contribution in [1.29, 1.82) is 0 Å². The van der Waals surface area contributed by atoms with Crippen molar-refractivity contribution >= 4 is 11.4 Å². The monoisotopic (exact) mass is 610 g/mol. The summed E-state index contributed by atoms with van der Waals surface area (Å²) in [4.78, 5) is 12.5. The highest BCUT2D eigenvalue weighted by Crippen LogP contribution is 2.20. The average Bonchev–Trinajstić information content (AvgIpc) is 3.03. The minimum absolute atomic E-state index is 0.0181. The van der Waals surface area contributed by atoms with Crippen molar-refractivity contribution in [2.24, 2.45) is 10.2 Å². The van der Waals surface area contributed by atoms with Crippen molar-refractivity contribution in [3.8, 4) is 0 Å². The average molecular weight is 611 g/mol. The maximum atomic E-state index is 10.8. The predicted molar refractivity (Wildman–Crippen MR) is 186 cm³/mol. The number of aliphatic hydroxyl groups is 1. The normalized spacial score (nSPS) is 12.0. The molecule has 0 fully saturated rings. The van der Waals surface area contributed by atoms with Gasteiger partial charge in [-0.15, -0.1) is 0 Å². The highest BCUT2D eigenvalue weighted by molar-refractivity contribution is 5.43. The number of hydrogen-bond donors (Lipinski definition) is 1. The summed E-state index contributed by atoms with van der Waals surface area (Å²) in [6.07, 6.45) is 33.3. The Kier molecular flexibility index (Phi) is 24.7. The second-order valence-corrected chi connectivity index (χ2v) is 11.9. The maximum Gasteiger partial charge on any atom is 0.269 e. The number of aliphatic hydroxyl groups excluding tert-OH is 1. The molecule has 1 N–H and O–H groups in total. The van der Waals surface area contributed by atoms with Gasteiger partial charge in [-0.1, -0.05) is 142 Å². The Hall–Kier alpha value is -2.80. The molecule has 7 heteroatoms. The second kappa shape index (κ2) is 27.7. The Balaban J connectivity index is 2.12. The van der Waals surface area contributed by atoms with E-state index in [1.165, 1.54) is 134 Å². The van der Waals surface area contributed by atoms with Gasteiger partial charge in [0.1, 0.15) is 0 Å². The van der Waals surface area contributed by atoms with E-state index in [9.17, 15) is 15.2 Å². The fourth-order valence-corrected chi connectivity index (χ4v) is 5.41. The first-order chi connectivity index (χ1) is 21.5. The Morgan fingerprint density at radius 2 is 1.23 bits per heavy atom.